The van der Waals surface area contributed by atoms with Gasteiger partial charge in [-0.25, -0.2) is 13.3 Å². The number of carbonyl (C=O) groups excluding carboxylic acids is 1. The standard InChI is InChI=1S/C27H31F2N5O2/c28-17-3-8-24(29)22(12-17)25-2-1-10-33(25)20-9-11-34-26(13-20)23(14-30-34)27(36)31-18-4-6-19(7-5-18)32-15-21(35)16-32/h3,8-9,11-14,18-19,21,25,35H,1-2,4-7,10,15-16H2,(H,31,36)/t18?,19?,25-/m1/s1. The molecule has 1 amide bonds. The van der Waals surface area contributed by atoms with Crippen molar-refractivity contribution in [2.75, 3.05) is 24.5 Å². The number of carbonyl (C=O) groups is 1. The van der Waals surface area contributed by atoms with Crippen LogP contribution in [0.15, 0.2) is 42.7 Å². The first kappa shape index (κ1) is 23.4. The molecule has 190 valence electrons. The van der Waals surface area contributed by atoms with Gasteiger partial charge in [-0.1, -0.05) is 0 Å². The Morgan fingerprint density at radius 1 is 1.06 bits per heavy atom. The monoisotopic (exact) mass is 495 g/mol. The van der Waals surface area contributed by atoms with E-state index in [1.165, 1.54) is 12.1 Å². The van der Waals surface area contributed by atoms with Gasteiger partial charge < -0.3 is 15.3 Å². The number of halogens is 2. The van der Waals surface area contributed by atoms with Crippen LogP contribution < -0.4 is 10.2 Å². The number of hydrogen-bond acceptors (Lipinski definition) is 5. The summed E-state index contributed by atoms with van der Waals surface area (Å²) in [6.07, 6.45) is 8.69. The van der Waals surface area contributed by atoms with Crippen molar-refractivity contribution in [3.05, 3.63) is 65.5 Å². The largest absolute Gasteiger partial charge is 0.390 e. The van der Waals surface area contributed by atoms with Gasteiger partial charge >= 0.3 is 0 Å². The highest BCUT2D eigenvalue weighted by Gasteiger charge is 2.34. The highest BCUT2D eigenvalue weighted by molar-refractivity contribution is 6.01. The van der Waals surface area contributed by atoms with Gasteiger partial charge in [-0.05, 0) is 68.9 Å². The smallest absolute Gasteiger partial charge is 0.255 e. The Morgan fingerprint density at radius 3 is 2.64 bits per heavy atom. The van der Waals surface area contributed by atoms with Crippen LogP contribution >= 0.6 is 0 Å². The molecule has 1 saturated carbocycles. The van der Waals surface area contributed by atoms with Crippen LogP contribution in [0.2, 0.25) is 0 Å². The predicted octanol–water partition coefficient (Wildman–Crippen LogP) is 3.67. The van der Waals surface area contributed by atoms with Crippen LogP contribution in [0.25, 0.3) is 5.52 Å². The summed E-state index contributed by atoms with van der Waals surface area (Å²) >= 11 is 0. The Balaban J connectivity index is 1.18. The molecule has 3 aliphatic rings. The number of aliphatic hydroxyl groups is 1. The maximum Gasteiger partial charge on any atom is 0.255 e. The number of anilines is 1. The average molecular weight is 496 g/mol. The summed E-state index contributed by atoms with van der Waals surface area (Å²) in [6.45, 7) is 2.25. The van der Waals surface area contributed by atoms with Crippen LogP contribution in [-0.2, 0) is 0 Å². The lowest BCUT2D eigenvalue weighted by Gasteiger charge is -2.44. The molecule has 0 unspecified atom stereocenters. The number of rotatable bonds is 5. The van der Waals surface area contributed by atoms with Crippen LogP contribution in [-0.4, -0.2) is 63.3 Å². The number of aliphatic hydroxyl groups excluding tert-OH is 1. The molecule has 2 aromatic heterocycles. The van der Waals surface area contributed by atoms with Gasteiger partial charge in [0.15, 0.2) is 0 Å². The second kappa shape index (κ2) is 9.44. The van der Waals surface area contributed by atoms with Gasteiger partial charge in [0.2, 0.25) is 0 Å². The lowest BCUT2D eigenvalue weighted by Crippen LogP contribution is -2.56. The molecule has 9 heteroatoms. The zero-order chi connectivity index (χ0) is 24.8. The van der Waals surface area contributed by atoms with Gasteiger partial charge in [0.25, 0.3) is 5.91 Å². The van der Waals surface area contributed by atoms with E-state index < -0.39 is 11.6 Å². The fourth-order valence-corrected chi connectivity index (χ4v) is 6.13. The lowest BCUT2D eigenvalue weighted by atomic mass is 9.88. The summed E-state index contributed by atoms with van der Waals surface area (Å²) in [6, 6.07) is 7.80. The van der Waals surface area contributed by atoms with Crippen molar-refractivity contribution < 1.29 is 18.7 Å². The maximum absolute atomic E-state index is 14.5. The first-order chi connectivity index (χ1) is 17.5. The van der Waals surface area contributed by atoms with E-state index >= 15 is 0 Å². The molecule has 0 spiro atoms. The molecule has 7 nitrogen and oxygen atoms in total. The number of β-amino-alcohol motifs (C(OH)–C–C–N with tert-alkyl or cyclic N) is 1. The van der Waals surface area contributed by atoms with Crippen molar-refractivity contribution in [3.63, 3.8) is 0 Å². The minimum absolute atomic E-state index is 0.122. The first-order valence-corrected chi connectivity index (χ1v) is 12.9. The van der Waals surface area contributed by atoms with Gasteiger partial charge in [-0.2, -0.15) is 5.10 Å². The molecular weight excluding hydrogens is 464 g/mol. The van der Waals surface area contributed by atoms with Gasteiger partial charge in [-0.3, -0.25) is 9.69 Å². The normalized spacial score (nSPS) is 25.3. The molecule has 1 aromatic carbocycles. The minimum atomic E-state index is -0.444. The lowest BCUT2D eigenvalue weighted by molar-refractivity contribution is -0.0347. The van der Waals surface area contributed by atoms with Crippen molar-refractivity contribution in [2.24, 2.45) is 0 Å². The Hall–Kier alpha value is -3.04. The Bertz CT molecular complexity index is 1270. The number of amides is 1. The molecule has 1 aliphatic carbocycles. The molecule has 36 heavy (non-hydrogen) atoms. The van der Waals surface area contributed by atoms with Crippen molar-refractivity contribution >= 4 is 17.1 Å². The topological polar surface area (TPSA) is 73.1 Å². The highest BCUT2D eigenvalue weighted by Crippen LogP contribution is 2.38. The third-order valence-electron chi connectivity index (χ3n) is 8.09. The summed E-state index contributed by atoms with van der Waals surface area (Å²) in [5.74, 6) is -0.988. The van der Waals surface area contributed by atoms with E-state index in [1.54, 1.807) is 10.7 Å². The molecule has 0 bridgehead atoms. The van der Waals surface area contributed by atoms with Crippen molar-refractivity contribution in [2.45, 2.75) is 62.8 Å². The van der Waals surface area contributed by atoms with Crippen molar-refractivity contribution in [3.8, 4) is 0 Å². The number of likely N-dealkylation sites (tertiary alicyclic amines) is 1. The van der Waals surface area contributed by atoms with Crippen molar-refractivity contribution in [1.82, 2.24) is 19.8 Å². The third-order valence-corrected chi connectivity index (χ3v) is 8.09. The fourth-order valence-electron chi connectivity index (χ4n) is 6.13. The molecule has 1 atom stereocenters. The van der Waals surface area contributed by atoms with E-state index in [1.807, 2.05) is 18.3 Å². The van der Waals surface area contributed by atoms with Gasteiger partial charge in [0.05, 0.1) is 29.4 Å². The predicted molar refractivity (Wildman–Crippen MR) is 132 cm³/mol. The molecule has 0 radical (unpaired) electrons. The van der Waals surface area contributed by atoms with E-state index in [-0.39, 0.29) is 24.1 Å². The Morgan fingerprint density at radius 2 is 1.86 bits per heavy atom. The number of nitrogens with zero attached hydrogens (tertiary/aromatic N) is 4. The summed E-state index contributed by atoms with van der Waals surface area (Å²) in [5.41, 5.74) is 2.43. The highest BCUT2D eigenvalue weighted by atomic mass is 19.1. The number of aromatic nitrogens is 2. The zero-order valence-electron chi connectivity index (χ0n) is 20.1. The third kappa shape index (κ3) is 4.35. The molecule has 3 aromatic rings. The molecule has 2 aliphatic heterocycles. The van der Waals surface area contributed by atoms with Gasteiger partial charge in [-0.15, -0.1) is 0 Å². The van der Waals surface area contributed by atoms with Crippen LogP contribution in [0.5, 0.6) is 0 Å². The van der Waals surface area contributed by atoms with Crippen molar-refractivity contribution in [1.29, 1.82) is 0 Å². The Labute approximate surface area is 208 Å². The molecule has 4 heterocycles. The average Bonchev–Trinajstić information content (AvgIpc) is 3.51. The van der Waals surface area contributed by atoms with E-state index in [2.05, 4.69) is 20.2 Å². The second-order valence-corrected chi connectivity index (χ2v) is 10.4. The van der Waals surface area contributed by atoms with E-state index in [0.717, 1.165) is 69.9 Å². The summed E-state index contributed by atoms with van der Waals surface area (Å²) in [7, 11) is 0. The minimum Gasteiger partial charge on any atom is -0.390 e. The van der Waals surface area contributed by atoms with Gasteiger partial charge in [0.1, 0.15) is 11.6 Å². The number of benzene rings is 1. The molecule has 2 saturated heterocycles. The number of pyridine rings is 1. The maximum atomic E-state index is 14.5. The number of fused-ring (bicyclic) bond motifs is 1. The molecule has 6 rings (SSSR count). The summed E-state index contributed by atoms with van der Waals surface area (Å²) in [5, 5.41) is 17.1. The zero-order valence-corrected chi connectivity index (χ0v) is 20.1. The quantitative estimate of drug-likeness (QED) is 0.565. The van der Waals surface area contributed by atoms with E-state index in [4.69, 9.17) is 0 Å². The van der Waals surface area contributed by atoms with Gasteiger partial charge in [0, 0.05) is 49.2 Å². The number of nitrogens with one attached hydrogen (secondary N) is 1. The molecule has 2 N–H and O–H groups in total. The van der Waals surface area contributed by atoms with E-state index in [0.29, 0.717) is 22.7 Å². The molecular formula is C27H31F2N5O2. The summed E-state index contributed by atoms with van der Waals surface area (Å²) in [4.78, 5) is 17.6. The number of hydrogen-bond donors (Lipinski definition) is 2. The fraction of sp³-hybridized carbons (Fsp3) is 0.481. The van der Waals surface area contributed by atoms with Crippen LogP contribution in [0, 0.1) is 11.6 Å². The first-order valence-electron chi connectivity index (χ1n) is 12.9. The SMILES string of the molecule is O=C(NC1CCC(N2CC(O)C2)CC1)c1cnn2ccc(N3CCC[C@@H]3c3cc(F)ccc3F)cc12. The van der Waals surface area contributed by atoms with E-state index in [9.17, 15) is 18.7 Å². The van der Waals surface area contributed by atoms with Crippen LogP contribution in [0.4, 0.5) is 14.5 Å². The Kier molecular flexibility index (Phi) is 6.13. The summed E-state index contributed by atoms with van der Waals surface area (Å²) < 4.78 is 30.1. The molecule has 3 fully saturated rings. The van der Waals surface area contributed by atoms with Crippen LogP contribution in [0.3, 0.4) is 0 Å². The second-order valence-electron chi connectivity index (χ2n) is 10.4. The van der Waals surface area contributed by atoms with Crippen LogP contribution in [0.1, 0.15) is 60.5 Å².